The maximum absolute atomic E-state index is 11.8. The van der Waals surface area contributed by atoms with Crippen LogP contribution in [0, 0.1) is 13.8 Å². The zero-order chi connectivity index (χ0) is 13.7. The van der Waals surface area contributed by atoms with Crippen molar-refractivity contribution in [3.63, 3.8) is 0 Å². The van der Waals surface area contributed by atoms with E-state index in [1.807, 2.05) is 56.3 Å². The summed E-state index contributed by atoms with van der Waals surface area (Å²) in [6.45, 7) is 3.99. The fourth-order valence-corrected chi connectivity index (χ4v) is 2.07. The zero-order valence-corrected chi connectivity index (χ0v) is 11.3. The third-order valence-electron chi connectivity index (χ3n) is 2.89. The Morgan fingerprint density at radius 1 is 1.00 bits per heavy atom. The molecule has 2 aromatic carbocycles. The van der Waals surface area contributed by atoms with E-state index < -0.39 is 0 Å². The Morgan fingerprint density at radius 2 is 1.63 bits per heavy atom. The highest BCUT2D eigenvalue weighted by molar-refractivity contribution is 5.72. The molecular formula is C17H18O2. The van der Waals surface area contributed by atoms with Gasteiger partial charge in [0, 0.05) is 6.42 Å². The molecular weight excluding hydrogens is 236 g/mol. The summed E-state index contributed by atoms with van der Waals surface area (Å²) in [7, 11) is 0. The van der Waals surface area contributed by atoms with Gasteiger partial charge in [0.15, 0.2) is 0 Å². The third-order valence-corrected chi connectivity index (χ3v) is 2.89. The fraction of sp³-hybridized carbons (Fsp3) is 0.235. The monoisotopic (exact) mass is 254 g/mol. The molecule has 0 amide bonds. The number of hydrogen-bond acceptors (Lipinski definition) is 2. The molecule has 0 fully saturated rings. The van der Waals surface area contributed by atoms with Gasteiger partial charge in [0.25, 0.3) is 0 Å². The molecule has 0 unspecified atom stereocenters. The average molecular weight is 254 g/mol. The van der Waals surface area contributed by atoms with Crippen molar-refractivity contribution in [1.29, 1.82) is 0 Å². The molecule has 98 valence electrons. The lowest BCUT2D eigenvalue weighted by molar-refractivity contribution is -0.134. The smallest absolute Gasteiger partial charge is 0.311 e. The van der Waals surface area contributed by atoms with Gasteiger partial charge >= 0.3 is 5.97 Å². The highest BCUT2D eigenvalue weighted by Crippen LogP contribution is 2.17. The molecule has 0 aliphatic heterocycles. The predicted molar refractivity (Wildman–Crippen MR) is 76.3 cm³/mol. The molecule has 0 N–H and O–H groups in total. The summed E-state index contributed by atoms with van der Waals surface area (Å²) in [6, 6.07) is 15.8. The number of carbonyl (C=O) groups is 1. The summed E-state index contributed by atoms with van der Waals surface area (Å²) < 4.78 is 5.36. The van der Waals surface area contributed by atoms with Crippen LogP contribution >= 0.6 is 0 Å². The molecule has 0 radical (unpaired) electrons. The molecule has 0 saturated carbocycles. The van der Waals surface area contributed by atoms with Crippen molar-refractivity contribution < 1.29 is 9.53 Å². The van der Waals surface area contributed by atoms with Gasteiger partial charge in [0.1, 0.15) is 5.75 Å². The Hall–Kier alpha value is -2.09. The maximum Gasteiger partial charge on any atom is 0.311 e. The molecule has 0 bridgehead atoms. The van der Waals surface area contributed by atoms with Crippen molar-refractivity contribution in [2.75, 3.05) is 0 Å². The fourth-order valence-electron chi connectivity index (χ4n) is 2.07. The number of hydrogen-bond donors (Lipinski definition) is 0. The maximum atomic E-state index is 11.8. The summed E-state index contributed by atoms with van der Waals surface area (Å²) >= 11 is 0. The van der Waals surface area contributed by atoms with Crippen LogP contribution in [0.4, 0.5) is 0 Å². The van der Waals surface area contributed by atoms with Crippen molar-refractivity contribution in [3.8, 4) is 5.75 Å². The summed E-state index contributed by atoms with van der Waals surface area (Å²) in [4.78, 5) is 11.8. The zero-order valence-electron chi connectivity index (χ0n) is 11.3. The van der Waals surface area contributed by atoms with Crippen LogP contribution in [0.2, 0.25) is 0 Å². The third kappa shape index (κ3) is 4.25. The quantitative estimate of drug-likeness (QED) is 0.612. The van der Waals surface area contributed by atoms with E-state index in [4.69, 9.17) is 4.74 Å². The lowest BCUT2D eigenvalue weighted by Gasteiger charge is -2.06. The van der Waals surface area contributed by atoms with Crippen LogP contribution < -0.4 is 4.74 Å². The summed E-state index contributed by atoms with van der Waals surface area (Å²) in [6.07, 6.45) is 1.11. The first-order valence-electron chi connectivity index (χ1n) is 6.46. The van der Waals surface area contributed by atoms with E-state index in [1.165, 1.54) is 0 Å². The van der Waals surface area contributed by atoms with Crippen molar-refractivity contribution in [3.05, 3.63) is 65.2 Å². The average Bonchev–Trinajstić information content (AvgIpc) is 2.36. The second-order valence-corrected chi connectivity index (χ2v) is 4.78. The van der Waals surface area contributed by atoms with Gasteiger partial charge in [-0.25, -0.2) is 0 Å². The van der Waals surface area contributed by atoms with Crippen LogP contribution in [-0.4, -0.2) is 5.97 Å². The first-order valence-corrected chi connectivity index (χ1v) is 6.46. The second-order valence-electron chi connectivity index (χ2n) is 4.78. The standard InChI is InChI=1S/C17H18O2/c1-13-10-14(2)12-16(11-13)19-17(18)9-8-15-6-4-3-5-7-15/h3-7,10-12H,8-9H2,1-2H3. The molecule has 2 rings (SSSR count). The topological polar surface area (TPSA) is 26.3 Å². The minimum atomic E-state index is -0.186. The van der Waals surface area contributed by atoms with E-state index in [9.17, 15) is 4.79 Å². The Kier molecular flexibility index (Phi) is 4.35. The van der Waals surface area contributed by atoms with Crippen molar-refractivity contribution in [2.24, 2.45) is 0 Å². The van der Waals surface area contributed by atoms with Crippen molar-refractivity contribution in [2.45, 2.75) is 26.7 Å². The number of aryl methyl sites for hydroxylation is 3. The van der Waals surface area contributed by atoms with Gasteiger partial charge in [-0.3, -0.25) is 4.79 Å². The number of benzene rings is 2. The van der Waals surface area contributed by atoms with Crippen LogP contribution in [-0.2, 0) is 11.2 Å². The number of esters is 1. The molecule has 2 heteroatoms. The molecule has 0 aromatic heterocycles. The lowest BCUT2D eigenvalue weighted by Crippen LogP contribution is -2.09. The van der Waals surface area contributed by atoms with Crippen molar-refractivity contribution >= 4 is 5.97 Å². The van der Waals surface area contributed by atoms with E-state index in [0.717, 1.165) is 16.7 Å². The minimum Gasteiger partial charge on any atom is -0.427 e. The Morgan fingerprint density at radius 3 is 2.26 bits per heavy atom. The Bertz CT molecular complexity index is 538. The predicted octanol–water partition coefficient (Wildman–Crippen LogP) is 3.84. The molecule has 0 aliphatic rings. The molecule has 0 spiro atoms. The van der Waals surface area contributed by atoms with E-state index in [-0.39, 0.29) is 5.97 Å². The molecule has 0 atom stereocenters. The van der Waals surface area contributed by atoms with Crippen LogP contribution in [0.15, 0.2) is 48.5 Å². The van der Waals surface area contributed by atoms with Crippen LogP contribution in [0.3, 0.4) is 0 Å². The summed E-state index contributed by atoms with van der Waals surface area (Å²) in [5.74, 6) is 0.449. The first kappa shape index (κ1) is 13.3. The van der Waals surface area contributed by atoms with Gasteiger partial charge in [-0.05, 0) is 49.1 Å². The van der Waals surface area contributed by atoms with E-state index >= 15 is 0 Å². The SMILES string of the molecule is Cc1cc(C)cc(OC(=O)CCc2ccccc2)c1. The molecule has 2 nitrogen and oxygen atoms in total. The van der Waals surface area contributed by atoms with Gasteiger partial charge in [-0.15, -0.1) is 0 Å². The van der Waals surface area contributed by atoms with E-state index in [2.05, 4.69) is 6.07 Å². The second kappa shape index (κ2) is 6.19. The molecule has 0 saturated heterocycles. The van der Waals surface area contributed by atoms with Gasteiger partial charge in [0.2, 0.25) is 0 Å². The van der Waals surface area contributed by atoms with Crippen molar-refractivity contribution in [1.82, 2.24) is 0 Å². The van der Waals surface area contributed by atoms with Crippen LogP contribution in [0.5, 0.6) is 5.75 Å². The minimum absolute atomic E-state index is 0.186. The Balaban J connectivity index is 1.91. The normalized spacial score (nSPS) is 10.2. The molecule has 0 heterocycles. The van der Waals surface area contributed by atoms with Gasteiger partial charge < -0.3 is 4.74 Å². The first-order chi connectivity index (χ1) is 9.13. The number of carbonyl (C=O) groups excluding carboxylic acids is 1. The lowest BCUT2D eigenvalue weighted by atomic mass is 10.1. The number of rotatable bonds is 4. The summed E-state index contributed by atoms with van der Waals surface area (Å²) in [5.41, 5.74) is 3.36. The van der Waals surface area contributed by atoms with E-state index in [1.54, 1.807) is 0 Å². The van der Waals surface area contributed by atoms with Gasteiger partial charge in [-0.1, -0.05) is 36.4 Å². The number of ether oxygens (including phenoxy) is 1. The summed E-state index contributed by atoms with van der Waals surface area (Å²) in [5, 5.41) is 0. The van der Waals surface area contributed by atoms with Gasteiger partial charge in [-0.2, -0.15) is 0 Å². The van der Waals surface area contributed by atoms with Crippen LogP contribution in [0.25, 0.3) is 0 Å². The van der Waals surface area contributed by atoms with Gasteiger partial charge in [0.05, 0.1) is 0 Å². The molecule has 2 aromatic rings. The highest BCUT2D eigenvalue weighted by atomic mass is 16.5. The van der Waals surface area contributed by atoms with Crippen LogP contribution in [0.1, 0.15) is 23.1 Å². The highest BCUT2D eigenvalue weighted by Gasteiger charge is 2.06. The Labute approximate surface area is 114 Å². The van der Waals surface area contributed by atoms with E-state index in [0.29, 0.717) is 18.6 Å². The largest absolute Gasteiger partial charge is 0.427 e. The molecule has 0 aliphatic carbocycles. The molecule has 19 heavy (non-hydrogen) atoms.